The Hall–Kier alpha value is -2.90. The van der Waals surface area contributed by atoms with Crippen molar-refractivity contribution in [1.82, 2.24) is 4.57 Å². The van der Waals surface area contributed by atoms with Crippen molar-refractivity contribution >= 4 is 17.3 Å². The summed E-state index contributed by atoms with van der Waals surface area (Å²) < 4.78 is 7.73. The number of benzene rings is 2. The van der Waals surface area contributed by atoms with E-state index in [1.165, 1.54) is 5.56 Å². The summed E-state index contributed by atoms with van der Waals surface area (Å²) in [7, 11) is 0. The van der Waals surface area contributed by atoms with E-state index >= 15 is 0 Å². The molecule has 0 saturated heterocycles. The Kier molecular flexibility index (Phi) is 5.50. The Morgan fingerprint density at radius 3 is 2.46 bits per heavy atom. The smallest absolute Gasteiger partial charge is 0.122 e. The van der Waals surface area contributed by atoms with Crippen LogP contribution in [0.25, 0.3) is 0 Å². The molecule has 4 nitrogen and oxygen atoms in total. The topological polar surface area (TPSA) is 64.0 Å². The fourth-order valence-electron chi connectivity index (χ4n) is 2.84. The van der Waals surface area contributed by atoms with E-state index in [0.717, 1.165) is 17.0 Å². The Morgan fingerprint density at radius 1 is 1.12 bits per heavy atom. The molecule has 0 bridgehead atoms. The van der Waals surface area contributed by atoms with Gasteiger partial charge in [0.2, 0.25) is 0 Å². The van der Waals surface area contributed by atoms with Crippen LogP contribution in [0.1, 0.15) is 22.5 Å². The van der Waals surface area contributed by atoms with Gasteiger partial charge in [-0.15, -0.1) is 0 Å². The summed E-state index contributed by atoms with van der Waals surface area (Å²) >= 11 is 5.95. The molecule has 5 heteroatoms. The number of rotatable bonds is 6. The zero-order chi connectivity index (χ0) is 18.5. The molecule has 3 aromatic rings. The normalized spacial score (nSPS) is 10.5. The van der Waals surface area contributed by atoms with E-state index in [0.29, 0.717) is 36.0 Å². The van der Waals surface area contributed by atoms with Gasteiger partial charge in [0.1, 0.15) is 24.1 Å². The highest BCUT2D eigenvalue weighted by Crippen LogP contribution is 2.23. The van der Waals surface area contributed by atoms with E-state index < -0.39 is 0 Å². The van der Waals surface area contributed by atoms with E-state index in [-0.39, 0.29) is 0 Å². The van der Waals surface area contributed by atoms with Crippen molar-refractivity contribution in [3.05, 3.63) is 82.1 Å². The molecule has 0 aliphatic rings. The molecule has 0 amide bonds. The third-order valence-electron chi connectivity index (χ3n) is 4.25. The minimum absolute atomic E-state index is 0.458. The molecule has 0 atom stereocenters. The summed E-state index contributed by atoms with van der Waals surface area (Å²) in [6.07, 6.45) is 0.634. The summed E-state index contributed by atoms with van der Waals surface area (Å²) in [4.78, 5) is 0. The van der Waals surface area contributed by atoms with Crippen LogP contribution in [-0.2, 0) is 13.0 Å². The number of nitrogen functional groups attached to an aromatic ring is 1. The Morgan fingerprint density at radius 2 is 1.81 bits per heavy atom. The third-order valence-corrected chi connectivity index (χ3v) is 4.50. The summed E-state index contributed by atoms with van der Waals surface area (Å²) in [5.41, 5.74) is 10.5. The average molecular weight is 366 g/mol. The second-order valence-corrected chi connectivity index (χ2v) is 6.60. The molecule has 26 heavy (non-hydrogen) atoms. The lowest BCUT2D eigenvalue weighted by atomic mass is 10.1. The summed E-state index contributed by atoms with van der Waals surface area (Å²) in [6.45, 7) is 3.05. The van der Waals surface area contributed by atoms with E-state index in [9.17, 15) is 5.26 Å². The van der Waals surface area contributed by atoms with Crippen LogP contribution in [0.2, 0.25) is 5.02 Å². The van der Waals surface area contributed by atoms with Crippen molar-refractivity contribution in [2.75, 3.05) is 12.3 Å². The lowest BCUT2D eigenvalue weighted by molar-refractivity contribution is 0.296. The van der Waals surface area contributed by atoms with Crippen LogP contribution in [0.5, 0.6) is 5.75 Å². The second kappa shape index (κ2) is 7.99. The first-order valence-corrected chi connectivity index (χ1v) is 8.76. The molecular weight excluding hydrogens is 346 g/mol. The lowest BCUT2D eigenvalue weighted by Crippen LogP contribution is -2.13. The van der Waals surface area contributed by atoms with Crippen molar-refractivity contribution in [2.45, 2.75) is 19.9 Å². The van der Waals surface area contributed by atoms with Gasteiger partial charge in [0.15, 0.2) is 0 Å². The van der Waals surface area contributed by atoms with Crippen LogP contribution >= 0.6 is 11.6 Å². The number of halogens is 1. The standard InChI is InChI=1S/C21H20ClN3O/c1-15-2-8-19(9-3-15)26-11-10-25-18(14-23)13-20(24)21(25)12-16-4-6-17(22)7-5-16/h2-9,13H,10-12,24H2,1H3. The Labute approximate surface area is 158 Å². The number of nitriles is 1. The minimum atomic E-state index is 0.458. The molecule has 132 valence electrons. The maximum atomic E-state index is 9.42. The molecule has 2 aromatic carbocycles. The number of anilines is 1. The zero-order valence-corrected chi connectivity index (χ0v) is 15.3. The maximum Gasteiger partial charge on any atom is 0.122 e. The first kappa shape index (κ1) is 17.9. The van der Waals surface area contributed by atoms with Gasteiger partial charge >= 0.3 is 0 Å². The average Bonchev–Trinajstić information content (AvgIpc) is 2.94. The van der Waals surface area contributed by atoms with E-state index in [1.54, 1.807) is 6.07 Å². The highest BCUT2D eigenvalue weighted by Gasteiger charge is 2.14. The van der Waals surface area contributed by atoms with E-state index in [2.05, 4.69) is 6.07 Å². The molecule has 0 saturated carbocycles. The van der Waals surface area contributed by atoms with Gasteiger partial charge < -0.3 is 15.0 Å². The number of ether oxygens (including phenoxy) is 1. The predicted octanol–water partition coefficient (Wildman–Crippen LogP) is 4.57. The first-order valence-electron chi connectivity index (χ1n) is 8.38. The predicted molar refractivity (Wildman–Crippen MR) is 104 cm³/mol. The molecule has 0 aliphatic carbocycles. The molecule has 0 fully saturated rings. The zero-order valence-electron chi connectivity index (χ0n) is 14.6. The molecule has 3 rings (SSSR count). The fraction of sp³-hybridized carbons (Fsp3) is 0.190. The Balaban J connectivity index is 1.75. The summed E-state index contributed by atoms with van der Waals surface area (Å²) in [6, 6.07) is 19.5. The van der Waals surface area contributed by atoms with Gasteiger partial charge in [0.25, 0.3) is 0 Å². The summed E-state index contributed by atoms with van der Waals surface area (Å²) in [5, 5.41) is 10.1. The van der Waals surface area contributed by atoms with Crippen LogP contribution in [0.4, 0.5) is 5.69 Å². The molecule has 1 aromatic heterocycles. The molecule has 0 radical (unpaired) electrons. The number of aromatic nitrogens is 1. The van der Waals surface area contributed by atoms with Crippen LogP contribution < -0.4 is 10.5 Å². The van der Waals surface area contributed by atoms with E-state index in [4.69, 9.17) is 22.1 Å². The number of aryl methyl sites for hydroxylation is 1. The van der Waals surface area contributed by atoms with Gasteiger partial charge in [-0.05, 0) is 42.8 Å². The number of hydrogen-bond acceptors (Lipinski definition) is 3. The SMILES string of the molecule is Cc1ccc(OCCn2c(C#N)cc(N)c2Cc2ccc(Cl)cc2)cc1. The Bertz CT molecular complexity index is 922. The van der Waals surface area contributed by atoms with Gasteiger partial charge in [-0.25, -0.2) is 0 Å². The first-order chi connectivity index (χ1) is 12.6. The van der Waals surface area contributed by atoms with Gasteiger partial charge in [-0.2, -0.15) is 5.26 Å². The van der Waals surface area contributed by atoms with Gasteiger partial charge in [-0.1, -0.05) is 41.4 Å². The molecule has 2 N–H and O–H groups in total. The van der Waals surface area contributed by atoms with Crippen LogP contribution in [0.15, 0.2) is 54.6 Å². The third kappa shape index (κ3) is 4.19. The van der Waals surface area contributed by atoms with Crippen molar-refractivity contribution in [3.8, 4) is 11.8 Å². The number of nitrogens with two attached hydrogens (primary N) is 1. The van der Waals surface area contributed by atoms with Crippen molar-refractivity contribution < 1.29 is 4.74 Å². The second-order valence-electron chi connectivity index (χ2n) is 6.16. The van der Waals surface area contributed by atoms with Gasteiger partial charge in [0, 0.05) is 17.1 Å². The fourth-order valence-corrected chi connectivity index (χ4v) is 2.97. The molecule has 0 unspecified atom stereocenters. The van der Waals surface area contributed by atoms with Crippen LogP contribution in [0, 0.1) is 18.3 Å². The molecular formula is C21H20ClN3O. The van der Waals surface area contributed by atoms with E-state index in [1.807, 2.05) is 60.0 Å². The monoisotopic (exact) mass is 365 g/mol. The quantitative estimate of drug-likeness (QED) is 0.695. The van der Waals surface area contributed by atoms with Crippen LogP contribution in [-0.4, -0.2) is 11.2 Å². The number of hydrogen-bond donors (Lipinski definition) is 1. The van der Waals surface area contributed by atoms with Crippen LogP contribution in [0.3, 0.4) is 0 Å². The maximum absolute atomic E-state index is 9.42. The van der Waals surface area contributed by atoms with Gasteiger partial charge in [-0.3, -0.25) is 0 Å². The highest BCUT2D eigenvalue weighted by molar-refractivity contribution is 6.30. The largest absolute Gasteiger partial charge is 0.492 e. The van der Waals surface area contributed by atoms with Gasteiger partial charge in [0.05, 0.1) is 12.2 Å². The van der Waals surface area contributed by atoms with Crippen molar-refractivity contribution in [2.24, 2.45) is 0 Å². The minimum Gasteiger partial charge on any atom is -0.492 e. The van der Waals surface area contributed by atoms with Crippen molar-refractivity contribution in [3.63, 3.8) is 0 Å². The summed E-state index contributed by atoms with van der Waals surface area (Å²) in [5.74, 6) is 0.813. The lowest BCUT2D eigenvalue weighted by Gasteiger charge is -2.13. The highest BCUT2D eigenvalue weighted by atomic mass is 35.5. The molecule has 0 spiro atoms. The molecule has 1 heterocycles. The molecule has 0 aliphatic heterocycles. The number of nitrogens with zero attached hydrogens (tertiary/aromatic N) is 2. The van der Waals surface area contributed by atoms with Crippen molar-refractivity contribution in [1.29, 1.82) is 5.26 Å².